The van der Waals surface area contributed by atoms with Crippen molar-refractivity contribution >= 4 is 17.4 Å². The van der Waals surface area contributed by atoms with E-state index in [4.69, 9.17) is 20.8 Å². The third-order valence-electron chi connectivity index (χ3n) is 2.52. The van der Waals surface area contributed by atoms with Gasteiger partial charge >= 0.3 is 0 Å². The number of benzene rings is 1. The summed E-state index contributed by atoms with van der Waals surface area (Å²) in [6, 6.07) is 9.04. The highest BCUT2D eigenvalue weighted by molar-refractivity contribution is 6.32. The summed E-state index contributed by atoms with van der Waals surface area (Å²) in [5.41, 5.74) is 0.867. The molecule has 1 aromatic carbocycles. The van der Waals surface area contributed by atoms with Crippen molar-refractivity contribution in [3.05, 3.63) is 41.1 Å². The van der Waals surface area contributed by atoms with E-state index in [0.717, 1.165) is 5.56 Å². The first-order valence-electron chi connectivity index (χ1n) is 5.52. The summed E-state index contributed by atoms with van der Waals surface area (Å²) in [6.07, 6.45) is 0.310. The second kappa shape index (κ2) is 5.27. The Morgan fingerprint density at radius 3 is 2.78 bits per heavy atom. The Morgan fingerprint density at radius 2 is 2.11 bits per heavy atom. The van der Waals surface area contributed by atoms with Gasteiger partial charge in [-0.2, -0.15) is 0 Å². The maximum absolute atomic E-state index is 11.0. The number of methoxy groups -OCH3 is 1. The molecule has 0 radical (unpaired) electrons. The zero-order chi connectivity index (χ0) is 13.1. The summed E-state index contributed by atoms with van der Waals surface area (Å²) in [4.78, 5) is 11.0. The average Bonchev–Trinajstić information content (AvgIpc) is 2.77. The number of furan rings is 1. The van der Waals surface area contributed by atoms with Crippen LogP contribution in [-0.2, 0) is 11.2 Å². The van der Waals surface area contributed by atoms with E-state index in [1.807, 2.05) is 12.1 Å². The number of rotatable bonds is 4. The molecule has 0 saturated carbocycles. The number of hydrogen-bond donors (Lipinski definition) is 0. The summed E-state index contributed by atoms with van der Waals surface area (Å²) in [5.74, 6) is 2.02. The molecule has 1 heterocycles. The van der Waals surface area contributed by atoms with Gasteiger partial charge in [0.05, 0.1) is 18.6 Å². The molecule has 94 valence electrons. The zero-order valence-electron chi connectivity index (χ0n) is 10.2. The molecule has 0 fully saturated rings. The molecule has 1 aromatic heterocycles. The van der Waals surface area contributed by atoms with Crippen molar-refractivity contribution < 1.29 is 13.9 Å². The molecule has 2 aromatic rings. The summed E-state index contributed by atoms with van der Waals surface area (Å²) in [5, 5.41) is 0.553. The fourth-order valence-corrected chi connectivity index (χ4v) is 1.88. The van der Waals surface area contributed by atoms with Crippen LogP contribution in [0.5, 0.6) is 5.75 Å². The second-order valence-corrected chi connectivity index (χ2v) is 4.40. The summed E-state index contributed by atoms with van der Waals surface area (Å²) < 4.78 is 10.8. The summed E-state index contributed by atoms with van der Waals surface area (Å²) in [6.45, 7) is 1.54. The van der Waals surface area contributed by atoms with Gasteiger partial charge in [0.1, 0.15) is 23.1 Å². The number of ether oxygens (including phenoxy) is 1. The maximum Gasteiger partial charge on any atom is 0.138 e. The average molecular weight is 265 g/mol. The number of carbonyl (C=O) groups excluding carboxylic acids is 1. The Bertz CT molecular complexity index is 572. The lowest BCUT2D eigenvalue weighted by Crippen LogP contribution is -1.93. The topological polar surface area (TPSA) is 39.4 Å². The maximum atomic E-state index is 11.0. The standard InChI is InChI=1S/C14H13ClO3/c1-9(16)7-11-4-6-13(18-11)10-3-5-12(15)14(8-10)17-2/h3-6,8H,7H2,1-2H3. The van der Waals surface area contributed by atoms with Crippen molar-refractivity contribution in [1.29, 1.82) is 0 Å². The van der Waals surface area contributed by atoms with E-state index in [1.54, 1.807) is 25.3 Å². The van der Waals surface area contributed by atoms with Crippen LogP contribution in [0.2, 0.25) is 5.02 Å². The van der Waals surface area contributed by atoms with Crippen LogP contribution in [0.3, 0.4) is 0 Å². The van der Waals surface area contributed by atoms with Crippen molar-refractivity contribution in [2.75, 3.05) is 7.11 Å². The lowest BCUT2D eigenvalue weighted by atomic mass is 10.1. The van der Waals surface area contributed by atoms with Crippen LogP contribution < -0.4 is 4.74 Å². The fraction of sp³-hybridized carbons (Fsp3) is 0.214. The second-order valence-electron chi connectivity index (χ2n) is 3.99. The molecule has 0 amide bonds. The number of ketones is 1. The van der Waals surface area contributed by atoms with E-state index >= 15 is 0 Å². The van der Waals surface area contributed by atoms with E-state index in [1.165, 1.54) is 6.92 Å². The minimum absolute atomic E-state index is 0.0737. The van der Waals surface area contributed by atoms with Crippen molar-refractivity contribution in [3.8, 4) is 17.1 Å². The smallest absolute Gasteiger partial charge is 0.138 e. The number of hydrogen-bond acceptors (Lipinski definition) is 3. The van der Waals surface area contributed by atoms with E-state index in [9.17, 15) is 4.79 Å². The largest absolute Gasteiger partial charge is 0.495 e. The quantitative estimate of drug-likeness (QED) is 0.844. The molecule has 0 spiro atoms. The van der Waals surface area contributed by atoms with E-state index < -0.39 is 0 Å². The first-order chi connectivity index (χ1) is 8.60. The summed E-state index contributed by atoms with van der Waals surface area (Å²) >= 11 is 5.96. The van der Waals surface area contributed by atoms with Gasteiger partial charge in [-0.1, -0.05) is 11.6 Å². The van der Waals surface area contributed by atoms with Gasteiger partial charge in [-0.3, -0.25) is 4.79 Å². The molecule has 0 unspecified atom stereocenters. The molecule has 0 aliphatic carbocycles. The Morgan fingerprint density at radius 1 is 1.33 bits per heavy atom. The van der Waals surface area contributed by atoms with Crippen LogP contribution in [0, 0.1) is 0 Å². The molecule has 4 heteroatoms. The normalized spacial score (nSPS) is 10.4. The minimum Gasteiger partial charge on any atom is -0.495 e. The molecule has 0 aliphatic rings. The van der Waals surface area contributed by atoms with Crippen LogP contribution in [0.4, 0.5) is 0 Å². The predicted octanol–water partition coefficient (Wildman–Crippen LogP) is 3.74. The number of carbonyl (C=O) groups is 1. The van der Waals surface area contributed by atoms with Gasteiger partial charge in [0.25, 0.3) is 0 Å². The predicted molar refractivity (Wildman–Crippen MR) is 70.1 cm³/mol. The van der Waals surface area contributed by atoms with Gasteiger partial charge in [0.2, 0.25) is 0 Å². The first kappa shape index (κ1) is 12.7. The molecule has 3 nitrogen and oxygen atoms in total. The van der Waals surface area contributed by atoms with Crippen LogP contribution in [0.1, 0.15) is 12.7 Å². The molecule has 0 atom stereocenters. The van der Waals surface area contributed by atoms with Gasteiger partial charge in [-0.15, -0.1) is 0 Å². The molecule has 2 rings (SSSR count). The third-order valence-corrected chi connectivity index (χ3v) is 2.83. The van der Waals surface area contributed by atoms with E-state index in [0.29, 0.717) is 28.7 Å². The number of Topliss-reactive ketones (excluding diaryl/α,β-unsaturated/α-hetero) is 1. The molecule has 0 N–H and O–H groups in total. The van der Waals surface area contributed by atoms with Crippen LogP contribution in [-0.4, -0.2) is 12.9 Å². The summed E-state index contributed by atoms with van der Waals surface area (Å²) in [7, 11) is 1.56. The Balaban J connectivity index is 2.31. The minimum atomic E-state index is 0.0737. The van der Waals surface area contributed by atoms with Gasteiger partial charge in [0.15, 0.2) is 0 Å². The lowest BCUT2D eigenvalue weighted by molar-refractivity contribution is -0.116. The lowest BCUT2D eigenvalue weighted by Gasteiger charge is -2.04. The van der Waals surface area contributed by atoms with Gasteiger partial charge in [0, 0.05) is 5.56 Å². The highest BCUT2D eigenvalue weighted by atomic mass is 35.5. The van der Waals surface area contributed by atoms with Gasteiger partial charge in [-0.05, 0) is 37.3 Å². The molecular weight excluding hydrogens is 252 g/mol. The van der Waals surface area contributed by atoms with Crippen molar-refractivity contribution in [3.63, 3.8) is 0 Å². The van der Waals surface area contributed by atoms with E-state index in [2.05, 4.69) is 0 Å². The third kappa shape index (κ3) is 2.74. The van der Waals surface area contributed by atoms with Crippen molar-refractivity contribution in [2.45, 2.75) is 13.3 Å². The van der Waals surface area contributed by atoms with E-state index in [-0.39, 0.29) is 5.78 Å². The zero-order valence-corrected chi connectivity index (χ0v) is 11.0. The fourth-order valence-electron chi connectivity index (χ4n) is 1.69. The first-order valence-corrected chi connectivity index (χ1v) is 5.90. The van der Waals surface area contributed by atoms with Crippen molar-refractivity contribution in [1.82, 2.24) is 0 Å². The highest BCUT2D eigenvalue weighted by Crippen LogP contribution is 2.31. The van der Waals surface area contributed by atoms with Crippen LogP contribution in [0.25, 0.3) is 11.3 Å². The Kier molecular flexibility index (Phi) is 3.72. The SMILES string of the molecule is COc1cc(-c2ccc(CC(C)=O)o2)ccc1Cl. The Hall–Kier alpha value is -1.74. The molecule has 0 bridgehead atoms. The van der Waals surface area contributed by atoms with Crippen LogP contribution in [0.15, 0.2) is 34.7 Å². The van der Waals surface area contributed by atoms with Crippen LogP contribution >= 0.6 is 11.6 Å². The monoisotopic (exact) mass is 264 g/mol. The van der Waals surface area contributed by atoms with Gasteiger partial charge < -0.3 is 9.15 Å². The number of halogens is 1. The Labute approximate surface area is 110 Å². The molecule has 18 heavy (non-hydrogen) atoms. The van der Waals surface area contributed by atoms with Crippen molar-refractivity contribution in [2.24, 2.45) is 0 Å². The van der Waals surface area contributed by atoms with Gasteiger partial charge in [-0.25, -0.2) is 0 Å². The highest BCUT2D eigenvalue weighted by Gasteiger charge is 2.09. The molecular formula is C14H13ClO3. The molecule has 0 aliphatic heterocycles. The molecule has 0 saturated heterocycles.